The number of amides is 2. The smallest absolute Gasteiger partial charge is 0.261 e. The highest BCUT2D eigenvalue weighted by atomic mass is 32.1. The van der Waals surface area contributed by atoms with Crippen molar-refractivity contribution in [2.24, 2.45) is 0 Å². The topological polar surface area (TPSA) is 61.4 Å². The van der Waals surface area contributed by atoms with Crippen LogP contribution in [0, 0.1) is 0 Å². The van der Waals surface area contributed by atoms with Gasteiger partial charge in [-0.3, -0.25) is 14.5 Å². The van der Waals surface area contributed by atoms with E-state index in [2.05, 4.69) is 46.2 Å². The molecule has 0 radical (unpaired) electrons. The molecule has 0 aliphatic rings. The lowest BCUT2D eigenvalue weighted by molar-refractivity contribution is -0.122. The molecular weight excluding hydrogens is 354 g/mol. The van der Waals surface area contributed by atoms with E-state index >= 15 is 0 Å². The molecule has 2 aromatic heterocycles. The van der Waals surface area contributed by atoms with Gasteiger partial charge in [-0.05, 0) is 53.8 Å². The number of hydrogen-bond acceptors (Lipinski definition) is 5. The van der Waals surface area contributed by atoms with E-state index in [0.717, 1.165) is 13.1 Å². The zero-order chi connectivity index (χ0) is 18.2. The van der Waals surface area contributed by atoms with Crippen LogP contribution < -0.4 is 10.6 Å². The molecule has 2 atom stereocenters. The second kappa shape index (κ2) is 9.70. The Bertz CT molecular complexity index is 652. The van der Waals surface area contributed by atoms with Gasteiger partial charge in [-0.15, -0.1) is 11.3 Å². The normalized spacial score (nSPS) is 13.4. The van der Waals surface area contributed by atoms with Gasteiger partial charge in [0.1, 0.15) is 6.04 Å². The van der Waals surface area contributed by atoms with Crippen molar-refractivity contribution in [1.29, 1.82) is 0 Å². The standard InChI is InChI=1S/C18H25N3O2S2/c1-4-21(5-2)15(14-8-10-24-12-14)11-19-17(22)13(3)20-18(23)16-7-6-9-25-16/h6-10,12-13,15H,4-5,11H2,1-3H3,(H,19,22)(H,20,23). The minimum absolute atomic E-state index is 0.144. The van der Waals surface area contributed by atoms with Crippen molar-refractivity contribution in [3.63, 3.8) is 0 Å². The van der Waals surface area contributed by atoms with Crippen LogP contribution in [0.4, 0.5) is 0 Å². The highest BCUT2D eigenvalue weighted by Gasteiger charge is 2.22. The lowest BCUT2D eigenvalue weighted by atomic mass is 10.1. The summed E-state index contributed by atoms with van der Waals surface area (Å²) in [4.78, 5) is 27.4. The molecule has 0 saturated carbocycles. The fourth-order valence-electron chi connectivity index (χ4n) is 2.68. The van der Waals surface area contributed by atoms with Crippen LogP contribution in [0.15, 0.2) is 34.3 Å². The van der Waals surface area contributed by atoms with Gasteiger partial charge in [-0.1, -0.05) is 19.9 Å². The van der Waals surface area contributed by atoms with Gasteiger partial charge in [0.2, 0.25) is 5.91 Å². The summed E-state index contributed by atoms with van der Waals surface area (Å²) in [6.45, 7) is 8.30. The van der Waals surface area contributed by atoms with E-state index < -0.39 is 6.04 Å². The molecule has 0 spiro atoms. The maximum absolute atomic E-state index is 12.4. The molecule has 2 unspecified atom stereocenters. The van der Waals surface area contributed by atoms with Gasteiger partial charge in [-0.2, -0.15) is 11.3 Å². The van der Waals surface area contributed by atoms with E-state index in [4.69, 9.17) is 0 Å². The van der Waals surface area contributed by atoms with Crippen LogP contribution in [-0.4, -0.2) is 42.4 Å². The summed E-state index contributed by atoms with van der Waals surface area (Å²) in [5.74, 6) is -0.381. The molecule has 0 fully saturated rings. The van der Waals surface area contributed by atoms with Crippen molar-refractivity contribution < 1.29 is 9.59 Å². The van der Waals surface area contributed by atoms with Gasteiger partial charge in [0, 0.05) is 6.54 Å². The monoisotopic (exact) mass is 379 g/mol. The molecule has 2 aromatic rings. The van der Waals surface area contributed by atoms with E-state index in [1.165, 1.54) is 16.9 Å². The predicted octanol–water partition coefficient (Wildman–Crippen LogP) is 3.13. The number of likely N-dealkylation sites (N-methyl/N-ethyl adjacent to an activating group) is 1. The molecule has 2 rings (SSSR count). The number of nitrogens with one attached hydrogen (secondary N) is 2. The van der Waals surface area contributed by atoms with Gasteiger partial charge in [-0.25, -0.2) is 0 Å². The first-order valence-corrected chi connectivity index (χ1v) is 10.3. The molecule has 0 saturated heterocycles. The molecule has 7 heteroatoms. The third-order valence-electron chi connectivity index (χ3n) is 4.14. The molecule has 2 amide bonds. The number of thiophene rings is 2. The van der Waals surface area contributed by atoms with Crippen molar-refractivity contribution in [2.75, 3.05) is 19.6 Å². The third kappa shape index (κ3) is 5.39. The third-order valence-corrected chi connectivity index (χ3v) is 5.71. The fraction of sp³-hybridized carbons (Fsp3) is 0.444. The highest BCUT2D eigenvalue weighted by molar-refractivity contribution is 7.12. The number of carbonyl (C=O) groups excluding carboxylic acids is 2. The van der Waals surface area contributed by atoms with Crippen LogP contribution in [0.25, 0.3) is 0 Å². The second-order valence-corrected chi connectivity index (χ2v) is 7.44. The molecule has 136 valence electrons. The minimum Gasteiger partial charge on any atom is -0.352 e. The quantitative estimate of drug-likeness (QED) is 0.704. The largest absolute Gasteiger partial charge is 0.352 e. The molecule has 2 N–H and O–H groups in total. The summed E-state index contributed by atoms with van der Waals surface area (Å²) in [6, 6.07) is 5.24. The average molecular weight is 380 g/mol. The maximum atomic E-state index is 12.4. The Balaban J connectivity index is 1.92. The lowest BCUT2D eigenvalue weighted by Gasteiger charge is -2.30. The Morgan fingerprint density at radius 3 is 2.52 bits per heavy atom. The van der Waals surface area contributed by atoms with E-state index in [9.17, 15) is 9.59 Å². The second-order valence-electron chi connectivity index (χ2n) is 5.71. The molecule has 0 bridgehead atoms. The van der Waals surface area contributed by atoms with E-state index in [1.54, 1.807) is 24.3 Å². The number of nitrogens with zero attached hydrogens (tertiary/aromatic N) is 1. The van der Waals surface area contributed by atoms with Gasteiger partial charge in [0.15, 0.2) is 0 Å². The Labute approximate surface area is 157 Å². The predicted molar refractivity (Wildman–Crippen MR) is 104 cm³/mol. The van der Waals surface area contributed by atoms with Gasteiger partial charge in [0.05, 0.1) is 10.9 Å². The van der Waals surface area contributed by atoms with Gasteiger partial charge < -0.3 is 10.6 Å². The van der Waals surface area contributed by atoms with E-state index in [0.29, 0.717) is 11.4 Å². The fourth-order valence-corrected chi connectivity index (χ4v) is 4.01. The molecule has 0 aromatic carbocycles. The first-order chi connectivity index (χ1) is 12.1. The van der Waals surface area contributed by atoms with Crippen molar-refractivity contribution in [2.45, 2.75) is 32.9 Å². The molecular formula is C18H25N3O2S2. The zero-order valence-electron chi connectivity index (χ0n) is 14.8. The molecule has 25 heavy (non-hydrogen) atoms. The van der Waals surface area contributed by atoms with E-state index in [1.807, 2.05) is 11.4 Å². The Morgan fingerprint density at radius 1 is 1.20 bits per heavy atom. The van der Waals surface area contributed by atoms with Crippen LogP contribution in [0.2, 0.25) is 0 Å². The van der Waals surface area contributed by atoms with E-state index in [-0.39, 0.29) is 17.9 Å². The molecule has 0 aliphatic heterocycles. The van der Waals surface area contributed by atoms with Crippen LogP contribution in [0.3, 0.4) is 0 Å². The van der Waals surface area contributed by atoms with Crippen molar-refractivity contribution in [1.82, 2.24) is 15.5 Å². The Hall–Kier alpha value is -1.70. The summed E-state index contributed by atoms with van der Waals surface area (Å²) < 4.78 is 0. The minimum atomic E-state index is -0.575. The highest BCUT2D eigenvalue weighted by Crippen LogP contribution is 2.22. The summed E-state index contributed by atoms with van der Waals surface area (Å²) >= 11 is 3.02. The number of carbonyl (C=O) groups is 2. The van der Waals surface area contributed by atoms with Gasteiger partial charge in [0.25, 0.3) is 5.91 Å². The van der Waals surface area contributed by atoms with Crippen molar-refractivity contribution in [3.8, 4) is 0 Å². The first-order valence-electron chi connectivity index (χ1n) is 8.45. The van der Waals surface area contributed by atoms with Crippen LogP contribution in [-0.2, 0) is 4.79 Å². The number of rotatable bonds is 9. The lowest BCUT2D eigenvalue weighted by Crippen LogP contribution is -2.47. The van der Waals surface area contributed by atoms with Crippen molar-refractivity contribution in [3.05, 3.63) is 44.8 Å². The van der Waals surface area contributed by atoms with Crippen LogP contribution >= 0.6 is 22.7 Å². The summed E-state index contributed by atoms with van der Waals surface area (Å²) in [5, 5.41) is 11.7. The van der Waals surface area contributed by atoms with Crippen LogP contribution in [0.5, 0.6) is 0 Å². The van der Waals surface area contributed by atoms with Crippen LogP contribution in [0.1, 0.15) is 42.0 Å². The summed E-state index contributed by atoms with van der Waals surface area (Å²) in [7, 11) is 0. The van der Waals surface area contributed by atoms with Gasteiger partial charge >= 0.3 is 0 Å². The zero-order valence-corrected chi connectivity index (χ0v) is 16.5. The summed E-state index contributed by atoms with van der Waals surface area (Å²) in [5.41, 5.74) is 1.21. The molecule has 2 heterocycles. The van der Waals surface area contributed by atoms with Crippen molar-refractivity contribution >= 4 is 34.5 Å². The number of hydrogen-bond donors (Lipinski definition) is 2. The molecule has 5 nitrogen and oxygen atoms in total. The first kappa shape index (κ1) is 19.6. The summed E-state index contributed by atoms with van der Waals surface area (Å²) in [6.07, 6.45) is 0. The Kier molecular flexibility index (Phi) is 7.61. The maximum Gasteiger partial charge on any atom is 0.261 e. The molecule has 0 aliphatic carbocycles. The Morgan fingerprint density at radius 2 is 1.96 bits per heavy atom. The average Bonchev–Trinajstić information content (AvgIpc) is 3.31. The SMILES string of the molecule is CCN(CC)C(CNC(=O)C(C)NC(=O)c1cccs1)c1ccsc1.